The molecule has 1 fully saturated rings. The fourth-order valence-corrected chi connectivity index (χ4v) is 4.20. The third-order valence-electron chi connectivity index (χ3n) is 3.77. The number of para-hydroxylation sites is 1. The number of rotatable bonds is 5. The summed E-state index contributed by atoms with van der Waals surface area (Å²) in [6.07, 6.45) is 0. The average molecular weight is 334 g/mol. The minimum Gasteiger partial charge on any atom is -0.494 e. The van der Waals surface area contributed by atoms with Crippen LogP contribution in [0.15, 0.2) is 48.5 Å². The third kappa shape index (κ3) is 3.60. The lowest BCUT2D eigenvalue weighted by molar-refractivity contribution is 0.271. The highest BCUT2D eigenvalue weighted by atomic mass is 35.5. The van der Waals surface area contributed by atoms with Crippen LogP contribution in [0.25, 0.3) is 0 Å². The normalized spacial score (nSPS) is 18.5. The summed E-state index contributed by atoms with van der Waals surface area (Å²) in [7, 11) is 0. The maximum absolute atomic E-state index is 5.97. The van der Waals surface area contributed by atoms with Crippen LogP contribution in [0.4, 0.5) is 0 Å². The van der Waals surface area contributed by atoms with E-state index in [-0.39, 0.29) is 0 Å². The van der Waals surface area contributed by atoms with Crippen LogP contribution < -0.4 is 4.74 Å². The van der Waals surface area contributed by atoms with Crippen molar-refractivity contribution in [3.8, 4) is 5.75 Å². The van der Waals surface area contributed by atoms with E-state index in [1.54, 1.807) is 0 Å². The summed E-state index contributed by atoms with van der Waals surface area (Å²) in [5.74, 6) is 2.16. The first-order valence-electron chi connectivity index (χ1n) is 7.59. The Morgan fingerprint density at radius 2 is 1.95 bits per heavy atom. The minimum absolute atomic E-state index is 0.360. The van der Waals surface area contributed by atoms with Crippen molar-refractivity contribution in [2.24, 2.45) is 0 Å². The molecule has 0 radical (unpaired) electrons. The van der Waals surface area contributed by atoms with Gasteiger partial charge in [-0.15, -0.1) is 11.8 Å². The quantitative estimate of drug-likeness (QED) is 0.765. The van der Waals surface area contributed by atoms with E-state index in [4.69, 9.17) is 16.3 Å². The monoisotopic (exact) mass is 333 g/mol. The van der Waals surface area contributed by atoms with Crippen LogP contribution in [0, 0.1) is 0 Å². The molecule has 1 heterocycles. The molecule has 0 amide bonds. The van der Waals surface area contributed by atoms with E-state index in [2.05, 4.69) is 35.2 Å². The number of thioether (sulfide) groups is 1. The topological polar surface area (TPSA) is 12.5 Å². The lowest BCUT2D eigenvalue weighted by Gasteiger charge is -2.25. The van der Waals surface area contributed by atoms with Gasteiger partial charge in [-0.25, -0.2) is 0 Å². The van der Waals surface area contributed by atoms with Gasteiger partial charge in [0.2, 0.25) is 0 Å². The van der Waals surface area contributed by atoms with Gasteiger partial charge in [0.25, 0.3) is 0 Å². The van der Waals surface area contributed by atoms with Gasteiger partial charge in [-0.2, -0.15) is 0 Å². The highest BCUT2D eigenvalue weighted by molar-refractivity contribution is 7.99. The molecule has 3 rings (SSSR count). The fraction of sp³-hybridized carbons (Fsp3) is 0.333. The number of hydrogen-bond acceptors (Lipinski definition) is 3. The predicted octanol–water partition coefficient (Wildman–Crippen LogP) is 4.99. The SMILES string of the molecule is CCOc1ccccc1C1SCCN1Cc1ccc(Cl)cc1. The Morgan fingerprint density at radius 1 is 1.18 bits per heavy atom. The molecule has 0 spiro atoms. The summed E-state index contributed by atoms with van der Waals surface area (Å²) in [5.41, 5.74) is 2.58. The first-order valence-corrected chi connectivity index (χ1v) is 9.02. The van der Waals surface area contributed by atoms with E-state index in [9.17, 15) is 0 Å². The Labute approximate surface area is 141 Å². The van der Waals surface area contributed by atoms with Gasteiger partial charge in [0.15, 0.2) is 0 Å². The maximum atomic E-state index is 5.97. The fourth-order valence-electron chi connectivity index (χ4n) is 2.75. The van der Waals surface area contributed by atoms with Crippen LogP contribution in [0.5, 0.6) is 5.75 Å². The summed E-state index contributed by atoms with van der Waals surface area (Å²) < 4.78 is 5.81. The molecule has 0 N–H and O–H groups in total. The highest BCUT2D eigenvalue weighted by Crippen LogP contribution is 2.42. The first kappa shape index (κ1) is 15.7. The van der Waals surface area contributed by atoms with Crippen LogP contribution >= 0.6 is 23.4 Å². The minimum atomic E-state index is 0.360. The lowest BCUT2D eigenvalue weighted by atomic mass is 10.1. The molecule has 0 aromatic heterocycles. The van der Waals surface area contributed by atoms with Gasteiger partial charge in [-0.3, -0.25) is 4.90 Å². The zero-order valence-corrected chi connectivity index (χ0v) is 14.2. The van der Waals surface area contributed by atoms with Crippen LogP contribution in [0.2, 0.25) is 5.02 Å². The van der Waals surface area contributed by atoms with E-state index >= 15 is 0 Å². The number of nitrogens with zero attached hydrogens (tertiary/aromatic N) is 1. The van der Waals surface area contributed by atoms with E-state index in [1.165, 1.54) is 11.1 Å². The molecule has 0 saturated carbocycles. The summed E-state index contributed by atoms with van der Waals surface area (Å²) >= 11 is 7.96. The van der Waals surface area contributed by atoms with Crippen molar-refractivity contribution in [1.29, 1.82) is 0 Å². The number of benzene rings is 2. The zero-order chi connectivity index (χ0) is 15.4. The maximum Gasteiger partial charge on any atom is 0.124 e. The van der Waals surface area contributed by atoms with Gasteiger partial charge in [0, 0.05) is 29.4 Å². The van der Waals surface area contributed by atoms with E-state index in [1.807, 2.05) is 36.9 Å². The molecule has 1 aliphatic rings. The van der Waals surface area contributed by atoms with Gasteiger partial charge in [0.05, 0.1) is 12.0 Å². The summed E-state index contributed by atoms with van der Waals surface area (Å²) in [6.45, 7) is 4.77. The van der Waals surface area contributed by atoms with Crippen molar-refractivity contribution < 1.29 is 4.74 Å². The van der Waals surface area contributed by atoms with Crippen LogP contribution in [0.1, 0.15) is 23.4 Å². The molecular formula is C18H20ClNOS. The second kappa shape index (κ2) is 7.40. The number of halogens is 1. The second-order valence-corrected chi connectivity index (χ2v) is 6.92. The van der Waals surface area contributed by atoms with Crippen molar-refractivity contribution in [3.05, 3.63) is 64.7 Å². The Kier molecular flexibility index (Phi) is 5.29. The molecule has 0 bridgehead atoms. The Morgan fingerprint density at radius 3 is 2.73 bits per heavy atom. The van der Waals surface area contributed by atoms with Crippen molar-refractivity contribution in [1.82, 2.24) is 4.90 Å². The lowest BCUT2D eigenvalue weighted by Crippen LogP contribution is -2.22. The van der Waals surface area contributed by atoms with Crippen LogP contribution in [0.3, 0.4) is 0 Å². The van der Waals surface area contributed by atoms with Crippen molar-refractivity contribution in [2.75, 3.05) is 18.9 Å². The third-order valence-corrected chi connectivity index (χ3v) is 5.31. The molecule has 4 heteroatoms. The van der Waals surface area contributed by atoms with E-state index in [0.717, 1.165) is 29.6 Å². The Hall–Kier alpha value is -1.16. The van der Waals surface area contributed by atoms with Gasteiger partial charge in [-0.05, 0) is 30.7 Å². The summed E-state index contributed by atoms with van der Waals surface area (Å²) in [4.78, 5) is 2.51. The van der Waals surface area contributed by atoms with Gasteiger partial charge < -0.3 is 4.74 Å². The Bertz CT molecular complexity index is 617. The molecule has 2 aromatic carbocycles. The molecule has 116 valence electrons. The first-order chi connectivity index (χ1) is 10.8. The summed E-state index contributed by atoms with van der Waals surface area (Å²) in [5, 5.41) is 1.15. The largest absolute Gasteiger partial charge is 0.494 e. The van der Waals surface area contributed by atoms with Crippen molar-refractivity contribution in [2.45, 2.75) is 18.8 Å². The van der Waals surface area contributed by atoms with Crippen molar-refractivity contribution in [3.63, 3.8) is 0 Å². The van der Waals surface area contributed by atoms with Crippen LogP contribution in [-0.2, 0) is 6.54 Å². The molecule has 2 nitrogen and oxygen atoms in total. The zero-order valence-electron chi connectivity index (χ0n) is 12.7. The predicted molar refractivity (Wildman–Crippen MR) is 94.7 cm³/mol. The average Bonchev–Trinajstić information content (AvgIpc) is 2.98. The van der Waals surface area contributed by atoms with Gasteiger partial charge >= 0.3 is 0 Å². The number of hydrogen-bond donors (Lipinski definition) is 0. The summed E-state index contributed by atoms with van der Waals surface area (Å²) in [6, 6.07) is 16.5. The van der Waals surface area contributed by atoms with Crippen molar-refractivity contribution >= 4 is 23.4 Å². The molecular weight excluding hydrogens is 314 g/mol. The van der Waals surface area contributed by atoms with E-state index < -0.39 is 0 Å². The van der Waals surface area contributed by atoms with Crippen LogP contribution in [-0.4, -0.2) is 23.8 Å². The molecule has 1 saturated heterocycles. The molecule has 2 aromatic rings. The smallest absolute Gasteiger partial charge is 0.124 e. The highest BCUT2D eigenvalue weighted by Gasteiger charge is 2.28. The molecule has 1 aliphatic heterocycles. The van der Waals surface area contributed by atoms with Gasteiger partial charge in [-0.1, -0.05) is 41.9 Å². The molecule has 1 atom stereocenters. The van der Waals surface area contributed by atoms with Gasteiger partial charge in [0.1, 0.15) is 5.75 Å². The molecule has 1 unspecified atom stereocenters. The standard InChI is InChI=1S/C18H20ClNOS/c1-2-21-17-6-4-3-5-16(17)18-20(11-12-22-18)13-14-7-9-15(19)10-8-14/h3-10,18H,2,11-13H2,1H3. The van der Waals surface area contributed by atoms with E-state index in [0.29, 0.717) is 12.0 Å². The molecule has 0 aliphatic carbocycles. The second-order valence-electron chi connectivity index (χ2n) is 5.29. The Balaban J connectivity index is 1.79. The molecule has 22 heavy (non-hydrogen) atoms. The number of ether oxygens (including phenoxy) is 1.